The summed E-state index contributed by atoms with van der Waals surface area (Å²) in [5, 5.41) is 1.19. The van der Waals surface area contributed by atoms with E-state index in [1.54, 1.807) is 18.2 Å². The van der Waals surface area contributed by atoms with Crippen LogP contribution in [0, 0.1) is 5.82 Å². The minimum atomic E-state index is -0.245. The summed E-state index contributed by atoms with van der Waals surface area (Å²) in [5.41, 5.74) is 1.77. The van der Waals surface area contributed by atoms with Crippen molar-refractivity contribution >= 4 is 23.4 Å². The van der Waals surface area contributed by atoms with Gasteiger partial charge in [-0.2, -0.15) is 4.98 Å². The van der Waals surface area contributed by atoms with Gasteiger partial charge in [-0.1, -0.05) is 55.4 Å². The zero-order valence-electron chi connectivity index (χ0n) is 14.4. The van der Waals surface area contributed by atoms with Gasteiger partial charge in [0.1, 0.15) is 11.6 Å². The zero-order chi connectivity index (χ0) is 18.5. The third kappa shape index (κ3) is 5.19. The summed E-state index contributed by atoms with van der Waals surface area (Å²) in [4.78, 5) is 9.05. The Morgan fingerprint density at radius 2 is 1.88 bits per heavy atom. The molecule has 3 nitrogen and oxygen atoms in total. The largest absolute Gasteiger partial charge is 0.439 e. The van der Waals surface area contributed by atoms with Crippen LogP contribution < -0.4 is 4.74 Å². The number of thioether (sulfide) groups is 1. The molecule has 0 aliphatic heterocycles. The van der Waals surface area contributed by atoms with E-state index >= 15 is 0 Å². The van der Waals surface area contributed by atoms with E-state index in [4.69, 9.17) is 16.3 Å². The quantitative estimate of drug-likeness (QED) is 0.357. The minimum absolute atomic E-state index is 0.230. The van der Waals surface area contributed by atoms with Crippen molar-refractivity contribution in [3.8, 4) is 11.6 Å². The van der Waals surface area contributed by atoms with E-state index in [-0.39, 0.29) is 11.7 Å². The number of nitrogens with zero attached hydrogens (tertiary/aromatic N) is 2. The molecular formula is C20H18ClFN2OS. The standard InChI is InChI=1S/C20H18ClFN2OS/c1-13(2)18-11-19(25-17-8-4-6-15(21)10-17)24-20(23-18)26-12-14-5-3-7-16(22)9-14/h3-11,13H,12H2,1-2H3. The first kappa shape index (κ1) is 18.7. The summed E-state index contributed by atoms with van der Waals surface area (Å²) in [6, 6.07) is 15.5. The average molecular weight is 389 g/mol. The first-order chi connectivity index (χ1) is 12.5. The summed E-state index contributed by atoms with van der Waals surface area (Å²) in [6.07, 6.45) is 0. The normalized spacial score (nSPS) is 11.0. The van der Waals surface area contributed by atoms with E-state index in [2.05, 4.69) is 23.8 Å². The molecule has 1 heterocycles. The second-order valence-electron chi connectivity index (χ2n) is 6.05. The van der Waals surface area contributed by atoms with Crippen LogP contribution in [0.1, 0.15) is 31.0 Å². The molecular weight excluding hydrogens is 371 g/mol. The van der Waals surface area contributed by atoms with Gasteiger partial charge in [-0.3, -0.25) is 0 Å². The van der Waals surface area contributed by atoms with Gasteiger partial charge in [0.25, 0.3) is 0 Å². The maximum Gasteiger partial charge on any atom is 0.223 e. The second kappa shape index (κ2) is 8.52. The van der Waals surface area contributed by atoms with Gasteiger partial charge in [0.15, 0.2) is 5.16 Å². The molecule has 0 spiro atoms. The molecule has 0 saturated carbocycles. The van der Waals surface area contributed by atoms with Crippen molar-refractivity contribution in [1.29, 1.82) is 0 Å². The van der Waals surface area contributed by atoms with Gasteiger partial charge < -0.3 is 4.74 Å². The summed E-state index contributed by atoms with van der Waals surface area (Å²) >= 11 is 7.45. The molecule has 0 fully saturated rings. The Kier molecular flexibility index (Phi) is 6.12. The summed E-state index contributed by atoms with van der Waals surface area (Å²) in [5.74, 6) is 1.65. The minimum Gasteiger partial charge on any atom is -0.439 e. The number of halogens is 2. The van der Waals surface area contributed by atoms with E-state index in [0.717, 1.165) is 11.3 Å². The van der Waals surface area contributed by atoms with Gasteiger partial charge in [0.2, 0.25) is 5.88 Å². The molecule has 0 bridgehead atoms. The molecule has 26 heavy (non-hydrogen) atoms. The van der Waals surface area contributed by atoms with E-state index < -0.39 is 0 Å². The molecule has 0 aliphatic rings. The molecule has 2 aromatic carbocycles. The van der Waals surface area contributed by atoms with Crippen LogP contribution in [0.5, 0.6) is 11.6 Å². The fourth-order valence-electron chi connectivity index (χ4n) is 2.26. The van der Waals surface area contributed by atoms with Crippen LogP contribution >= 0.6 is 23.4 Å². The highest BCUT2D eigenvalue weighted by Crippen LogP contribution is 2.28. The number of benzene rings is 2. The van der Waals surface area contributed by atoms with Gasteiger partial charge in [-0.25, -0.2) is 9.37 Å². The van der Waals surface area contributed by atoms with Gasteiger partial charge >= 0.3 is 0 Å². The van der Waals surface area contributed by atoms with Gasteiger partial charge in [-0.15, -0.1) is 0 Å². The third-order valence-corrected chi connectivity index (χ3v) is 4.72. The Bertz CT molecular complexity index is 904. The van der Waals surface area contributed by atoms with E-state index in [1.165, 1.54) is 23.9 Å². The zero-order valence-corrected chi connectivity index (χ0v) is 16.0. The lowest BCUT2D eigenvalue weighted by Gasteiger charge is -2.11. The van der Waals surface area contributed by atoms with Crippen LogP contribution in [-0.4, -0.2) is 9.97 Å². The predicted octanol–water partition coefficient (Wildman–Crippen LogP) is 6.48. The second-order valence-corrected chi connectivity index (χ2v) is 7.43. The van der Waals surface area contributed by atoms with Crippen LogP contribution in [0.25, 0.3) is 0 Å². The predicted molar refractivity (Wildman–Crippen MR) is 104 cm³/mol. The van der Waals surface area contributed by atoms with Crippen molar-refractivity contribution in [2.24, 2.45) is 0 Å². The summed E-state index contributed by atoms with van der Waals surface area (Å²) in [7, 11) is 0. The maximum absolute atomic E-state index is 13.3. The lowest BCUT2D eigenvalue weighted by atomic mass is 10.1. The lowest BCUT2D eigenvalue weighted by Crippen LogP contribution is -2.00. The van der Waals surface area contributed by atoms with Crippen LogP contribution in [0.15, 0.2) is 59.8 Å². The third-order valence-electron chi connectivity index (χ3n) is 3.57. The van der Waals surface area contributed by atoms with Gasteiger partial charge in [-0.05, 0) is 41.8 Å². The molecule has 0 unspecified atom stereocenters. The summed E-state index contributed by atoms with van der Waals surface area (Å²) < 4.78 is 19.2. The topological polar surface area (TPSA) is 35.0 Å². The van der Waals surface area contributed by atoms with Crippen molar-refractivity contribution < 1.29 is 9.13 Å². The molecule has 1 aromatic heterocycles. The Morgan fingerprint density at radius 1 is 1.08 bits per heavy atom. The fourth-order valence-corrected chi connectivity index (χ4v) is 3.24. The van der Waals surface area contributed by atoms with E-state index in [1.807, 2.05) is 24.3 Å². The molecule has 6 heteroatoms. The highest BCUT2D eigenvalue weighted by Gasteiger charge is 2.11. The number of hydrogen-bond donors (Lipinski definition) is 0. The smallest absolute Gasteiger partial charge is 0.223 e. The van der Waals surface area contributed by atoms with Crippen molar-refractivity contribution in [3.05, 3.63) is 76.7 Å². The molecule has 0 radical (unpaired) electrons. The molecule has 3 aromatic rings. The molecule has 134 valence electrons. The van der Waals surface area contributed by atoms with Crippen LogP contribution in [0.4, 0.5) is 4.39 Å². The Hall–Kier alpha value is -2.11. The van der Waals surface area contributed by atoms with Crippen molar-refractivity contribution in [2.75, 3.05) is 0 Å². The fraction of sp³-hybridized carbons (Fsp3) is 0.200. The molecule has 0 saturated heterocycles. The summed E-state index contributed by atoms with van der Waals surface area (Å²) in [6.45, 7) is 4.12. The molecule has 3 rings (SSSR count). The number of rotatable bonds is 6. The lowest BCUT2D eigenvalue weighted by molar-refractivity contribution is 0.453. The van der Waals surface area contributed by atoms with Crippen LogP contribution in [0.3, 0.4) is 0 Å². The highest BCUT2D eigenvalue weighted by atomic mass is 35.5. The Balaban J connectivity index is 1.81. The van der Waals surface area contributed by atoms with Gasteiger partial charge in [0, 0.05) is 16.8 Å². The van der Waals surface area contributed by atoms with E-state index in [9.17, 15) is 4.39 Å². The van der Waals surface area contributed by atoms with Crippen molar-refractivity contribution in [2.45, 2.75) is 30.7 Å². The Labute approximate surface area is 161 Å². The number of aromatic nitrogens is 2. The molecule has 0 atom stereocenters. The van der Waals surface area contributed by atoms with Crippen LogP contribution in [0.2, 0.25) is 5.02 Å². The number of hydrogen-bond acceptors (Lipinski definition) is 4. The monoisotopic (exact) mass is 388 g/mol. The van der Waals surface area contributed by atoms with Crippen molar-refractivity contribution in [1.82, 2.24) is 9.97 Å². The first-order valence-corrected chi connectivity index (χ1v) is 9.55. The maximum atomic E-state index is 13.3. The first-order valence-electron chi connectivity index (χ1n) is 8.19. The van der Waals surface area contributed by atoms with E-state index in [0.29, 0.717) is 27.6 Å². The molecule has 0 amide bonds. The van der Waals surface area contributed by atoms with Crippen molar-refractivity contribution in [3.63, 3.8) is 0 Å². The SMILES string of the molecule is CC(C)c1cc(Oc2cccc(Cl)c2)nc(SCc2cccc(F)c2)n1. The average Bonchev–Trinajstić information content (AvgIpc) is 2.60. The molecule has 0 N–H and O–H groups in total. The highest BCUT2D eigenvalue weighted by molar-refractivity contribution is 7.98. The van der Waals surface area contributed by atoms with Crippen LogP contribution in [-0.2, 0) is 5.75 Å². The number of ether oxygens (including phenoxy) is 1. The molecule has 0 aliphatic carbocycles. The van der Waals surface area contributed by atoms with Gasteiger partial charge in [0.05, 0.1) is 5.69 Å². The Morgan fingerprint density at radius 3 is 2.62 bits per heavy atom.